The normalized spacial score (nSPS) is 10.9. The monoisotopic (exact) mass is 438 g/mol. The molecule has 0 atom stereocenters. The van der Waals surface area contributed by atoms with Gasteiger partial charge in [0, 0.05) is 23.5 Å². The van der Waals surface area contributed by atoms with Crippen LogP contribution in [-0.2, 0) is 17.8 Å². The number of aromatic nitrogens is 2. The lowest BCUT2D eigenvalue weighted by Crippen LogP contribution is -2.25. The van der Waals surface area contributed by atoms with Crippen LogP contribution in [0.3, 0.4) is 0 Å². The van der Waals surface area contributed by atoms with Crippen molar-refractivity contribution in [3.63, 3.8) is 0 Å². The average Bonchev–Trinajstić information content (AvgIpc) is 2.74. The van der Waals surface area contributed by atoms with Gasteiger partial charge < -0.3 is 14.6 Å². The molecule has 0 amide bonds. The van der Waals surface area contributed by atoms with Gasteiger partial charge in [-0.1, -0.05) is 13.3 Å². The zero-order chi connectivity index (χ0) is 23.4. The Morgan fingerprint density at radius 2 is 1.94 bits per heavy atom. The van der Waals surface area contributed by atoms with Crippen LogP contribution in [-0.4, -0.2) is 32.9 Å². The van der Waals surface area contributed by atoms with E-state index in [0.717, 1.165) is 12.0 Å². The van der Waals surface area contributed by atoms with E-state index in [0.29, 0.717) is 28.9 Å². The summed E-state index contributed by atoms with van der Waals surface area (Å²) in [6.07, 6.45) is 4.11. The van der Waals surface area contributed by atoms with E-state index in [1.165, 1.54) is 23.6 Å². The van der Waals surface area contributed by atoms with Gasteiger partial charge in [-0.15, -0.1) is 0 Å². The number of pyridine rings is 1. The predicted molar refractivity (Wildman–Crippen MR) is 119 cm³/mol. The summed E-state index contributed by atoms with van der Waals surface area (Å²) in [4.78, 5) is 40.9. The molecule has 2 aromatic heterocycles. The SMILES string of the molecule is CCCc1c(OCc2cc(C)cn3c(=O)c(C(=O)OCC)cnc23)ccc(C(C)=O)c1O. The number of esters is 1. The fourth-order valence-electron chi connectivity index (χ4n) is 3.55. The number of Topliss-reactive ketones (excluding diaryl/α,β-unsaturated/α-hetero) is 1. The molecule has 0 spiro atoms. The van der Waals surface area contributed by atoms with Gasteiger partial charge in [-0.2, -0.15) is 0 Å². The maximum atomic E-state index is 12.8. The number of rotatable bonds is 8. The molecule has 0 aliphatic heterocycles. The van der Waals surface area contributed by atoms with Crippen molar-refractivity contribution in [1.82, 2.24) is 9.38 Å². The molecule has 2 heterocycles. The third-order valence-electron chi connectivity index (χ3n) is 5.01. The topological polar surface area (TPSA) is 107 Å². The summed E-state index contributed by atoms with van der Waals surface area (Å²) in [5.41, 5.74) is 1.92. The minimum Gasteiger partial charge on any atom is -0.507 e. The summed E-state index contributed by atoms with van der Waals surface area (Å²) in [6, 6.07) is 5.04. The van der Waals surface area contributed by atoms with Gasteiger partial charge in [0.15, 0.2) is 5.78 Å². The van der Waals surface area contributed by atoms with Gasteiger partial charge in [0.25, 0.3) is 5.56 Å². The highest BCUT2D eigenvalue weighted by Crippen LogP contribution is 2.33. The quantitative estimate of drug-likeness (QED) is 0.423. The number of fused-ring (bicyclic) bond motifs is 1. The van der Waals surface area contributed by atoms with E-state index >= 15 is 0 Å². The van der Waals surface area contributed by atoms with Crippen molar-refractivity contribution in [3.8, 4) is 11.5 Å². The molecule has 1 aromatic carbocycles. The average molecular weight is 438 g/mol. The lowest BCUT2D eigenvalue weighted by Gasteiger charge is -2.16. The third-order valence-corrected chi connectivity index (χ3v) is 5.01. The molecule has 0 fully saturated rings. The second-order valence-corrected chi connectivity index (χ2v) is 7.47. The van der Waals surface area contributed by atoms with Crippen molar-refractivity contribution < 1.29 is 24.2 Å². The molecule has 0 aliphatic carbocycles. The van der Waals surface area contributed by atoms with E-state index in [9.17, 15) is 19.5 Å². The molecule has 0 bridgehead atoms. The first-order valence-corrected chi connectivity index (χ1v) is 10.4. The fraction of sp³-hybridized carbons (Fsp3) is 0.333. The van der Waals surface area contributed by atoms with Crippen molar-refractivity contribution in [2.75, 3.05) is 6.61 Å². The number of carbonyl (C=O) groups is 2. The first-order chi connectivity index (χ1) is 15.3. The van der Waals surface area contributed by atoms with Crippen molar-refractivity contribution in [3.05, 3.63) is 68.8 Å². The van der Waals surface area contributed by atoms with Gasteiger partial charge in [0.2, 0.25) is 0 Å². The number of phenolic OH excluding ortho intramolecular Hbond substituents is 1. The van der Waals surface area contributed by atoms with Crippen molar-refractivity contribution in [1.29, 1.82) is 0 Å². The molecule has 3 rings (SSSR count). The van der Waals surface area contributed by atoms with Gasteiger partial charge in [0.1, 0.15) is 29.3 Å². The summed E-state index contributed by atoms with van der Waals surface area (Å²) >= 11 is 0. The van der Waals surface area contributed by atoms with Crippen molar-refractivity contribution in [2.45, 2.75) is 47.1 Å². The molecule has 0 radical (unpaired) electrons. The highest BCUT2D eigenvalue weighted by molar-refractivity contribution is 5.97. The van der Waals surface area contributed by atoms with E-state index < -0.39 is 11.5 Å². The first-order valence-electron chi connectivity index (χ1n) is 10.4. The molecular formula is C24H26N2O6. The van der Waals surface area contributed by atoms with E-state index in [1.807, 2.05) is 19.9 Å². The molecule has 1 N–H and O–H groups in total. The molecule has 32 heavy (non-hydrogen) atoms. The Bertz CT molecular complexity index is 1250. The van der Waals surface area contributed by atoms with Crippen LogP contribution in [0.1, 0.15) is 64.6 Å². The van der Waals surface area contributed by atoms with Crippen LogP contribution < -0.4 is 10.3 Å². The Morgan fingerprint density at radius 1 is 1.19 bits per heavy atom. The van der Waals surface area contributed by atoms with E-state index in [4.69, 9.17) is 9.47 Å². The maximum absolute atomic E-state index is 12.8. The van der Waals surface area contributed by atoms with E-state index in [-0.39, 0.29) is 35.9 Å². The lowest BCUT2D eigenvalue weighted by molar-refractivity contribution is 0.0523. The summed E-state index contributed by atoms with van der Waals surface area (Å²) in [7, 11) is 0. The zero-order valence-corrected chi connectivity index (χ0v) is 18.6. The van der Waals surface area contributed by atoms with Gasteiger partial charge >= 0.3 is 5.97 Å². The summed E-state index contributed by atoms with van der Waals surface area (Å²) in [6.45, 7) is 7.09. The number of hydrogen-bond acceptors (Lipinski definition) is 7. The van der Waals surface area contributed by atoms with Crippen molar-refractivity contribution in [2.24, 2.45) is 0 Å². The Hall–Kier alpha value is -3.68. The second kappa shape index (κ2) is 9.64. The Morgan fingerprint density at radius 3 is 2.59 bits per heavy atom. The standard InChI is InChI=1S/C24H26N2O6/c1-5-7-18-20(9-8-17(15(4)27)21(18)28)32-13-16-10-14(3)12-26-22(16)25-11-19(23(26)29)24(30)31-6-2/h8-12,28H,5-7,13H2,1-4H3. The van der Waals surface area contributed by atoms with Gasteiger partial charge in [0.05, 0.1) is 12.2 Å². The second-order valence-electron chi connectivity index (χ2n) is 7.47. The van der Waals surface area contributed by atoms with E-state index in [1.54, 1.807) is 19.2 Å². The zero-order valence-electron chi connectivity index (χ0n) is 18.6. The number of aromatic hydroxyl groups is 1. The highest BCUT2D eigenvalue weighted by atomic mass is 16.5. The van der Waals surface area contributed by atoms with Crippen LogP contribution in [0.25, 0.3) is 5.65 Å². The Balaban J connectivity index is 2.01. The third kappa shape index (κ3) is 4.49. The first kappa shape index (κ1) is 23.0. The van der Waals surface area contributed by atoms with Gasteiger partial charge in [-0.05, 0) is 51.0 Å². The summed E-state index contributed by atoms with van der Waals surface area (Å²) in [5, 5.41) is 10.5. The van der Waals surface area contributed by atoms with Gasteiger partial charge in [-0.25, -0.2) is 9.78 Å². The number of carbonyl (C=O) groups excluding carboxylic acids is 2. The molecule has 168 valence electrons. The molecule has 8 nitrogen and oxygen atoms in total. The number of nitrogens with zero attached hydrogens (tertiary/aromatic N) is 2. The molecule has 0 saturated heterocycles. The Kier molecular flexibility index (Phi) is 6.92. The smallest absolute Gasteiger partial charge is 0.345 e. The number of aryl methyl sites for hydroxylation is 1. The molecule has 0 unspecified atom stereocenters. The number of hydrogen-bond donors (Lipinski definition) is 1. The van der Waals surface area contributed by atoms with Crippen LogP contribution in [0, 0.1) is 6.92 Å². The lowest BCUT2D eigenvalue weighted by atomic mass is 10.0. The van der Waals surface area contributed by atoms with Crippen LogP contribution in [0.5, 0.6) is 11.5 Å². The van der Waals surface area contributed by atoms with Crippen LogP contribution in [0.4, 0.5) is 0 Å². The van der Waals surface area contributed by atoms with Crippen LogP contribution >= 0.6 is 0 Å². The van der Waals surface area contributed by atoms with E-state index in [2.05, 4.69) is 4.98 Å². The number of ether oxygens (including phenoxy) is 2. The molecule has 8 heteroatoms. The minimum absolute atomic E-state index is 0.0700. The number of benzene rings is 1. The van der Waals surface area contributed by atoms with Crippen LogP contribution in [0.2, 0.25) is 0 Å². The largest absolute Gasteiger partial charge is 0.507 e. The maximum Gasteiger partial charge on any atom is 0.345 e. The highest BCUT2D eigenvalue weighted by Gasteiger charge is 2.18. The molecular weight excluding hydrogens is 412 g/mol. The fourth-order valence-corrected chi connectivity index (χ4v) is 3.55. The minimum atomic E-state index is -0.719. The predicted octanol–water partition coefficient (Wildman–Crippen LogP) is 3.62. The summed E-state index contributed by atoms with van der Waals surface area (Å²) in [5.74, 6) is -0.556. The molecule has 0 aliphatic rings. The number of phenols is 1. The molecule has 0 saturated carbocycles. The van der Waals surface area contributed by atoms with Crippen LogP contribution in [0.15, 0.2) is 35.4 Å². The Labute approximate surface area is 185 Å². The van der Waals surface area contributed by atoms with Crippen molar-refractivity contribution >= 4 is 17.4 Å². The summed E-state index contributed by atoms with van der Waals surface area (Å²) < 4.78 is 12.2. The number of ketones is 1. The molecule has 3 aromatic rings. The van der Waals surface area contributed by atoms with Gasteiger partial charge in [-0.3, -0.25) is 14.0 Å².